The molecular formula is C18H17ClFNOS. The summed E-state index contributed by atoms with van der Waals surface area (Å²) in [5.74, 6) is -0.162. The highest BCUT2D eigenvalue weighted by molar-refractivity contribution is 8.00. The van der Waals surface area contributed by atoms with E-state index < -0.39 is 0 Å². The first kappa shape index (κ1) is 16.3. The summed E-state index contributed by atoms with van der Waals surface area (Å²) in [6, 6.07) is 14.1. The second-order valence-corrected chi connectivity index (χ2v) is 7.16. The van der Waals surface area contributed by atoms with Gasteiger partial charge in [-0.3, -0.25) is 4.79 Å². The molecule has 0 unspecified atom stereocenters. The minimum absolute atomic E-state index is 0.0760. The molecule has 1 N–H and O–H groups in total. The van der Waals surface area contributed by atoms with Crippen molar-refractivity contribution in [1.82, 2.24) is 5.32 Å². The van der Waals surface area contributed by atoms with E-state index in [1.807, 2.05) is 24.3 Å². The first-order valence-corrected chi connectivity index (χ1v) is 8.90. The third kappa shape index (κ3) is 3.70. The average molecular weight is 350 g/mol. The molecule has 2 aromatic rings. The van der Waals surface area contributed by atoms with Gasteiger partial charge >= 0.3 is 0 Å². The first-order chi connectivity index (χ1) is 11.1. The Kier molecular flexibility index (Phi) is 4.93. The van der Waals surface area contributed by atoms with Crippen LogP contribution in [0, 0.1) is 5.82 Å². The zero-order chi connectivity index (χ0) is 16.3. The van der Waals surface area contributed by atoms with E-state index in [4.69, 9.17) is 11.6 Å². The van der Waals surface area contributed by atoms with E-state index in [0.717, 1.165) is 24.8 Å². The molecule has 0 saturated heterocycles. The van der Waals surface area contributed by atoms with Gasteiger partial charge in [0.2, 0.25) is 5.91 Å². The smallest absolute Gasteiger partial charge is 0.231 e. The molecule has 120 valence electrons. The van der Waals surface area contributed by atoms with E-state index in [1.165, 1.54) is 17.8 Å². The van der Waals surface area contributed by atoms with Crippen molar-refractivity contribution >= 4 is 29.3 Å². The molecular weight excluding hydrogens is 333 g/mol. The summed E-state index contributed by atoms with van der Waals surface area (Å²) in [6.45, 7) is 0. The van der Waals surface area contributed by atoms with Gasteiger partial charge in [0.1, 0.15) is 5.82 Å². The third-order valence-corrected chi connectivity index (χ3v) is 5.48. The lowest BCUT2D eigenvalue weighted by atomic mass is 9.72. The lowest BCUT2D eigenvalue weighted by molar-refractivity contribution is -0.121. The fraction of sp³-hybridized carbons (Fsp3) is 0.278. The van der Waals surface area contributed by atoms with Crippen LogP contribution in [-0.2, 0) is 10.3 Å². The topological polar surface area (TPSA) is 29.1 Å². The molecule has 0 bridgehead atoms. The van der Waals surface area contributed by atoms with Crippen molar-refractivity contribution in [3.63, 3.8) is 0 Å². The third-order valence-electron chi connectivity index (χ3n) is 4.18. The van der Waals surface area contributed by atoms with Crippen LogP contribution in [0.2, 0.25) is 5.02 Å². The predicted octanol–water partition coefficient (Wildman–Crippen LogP) is 4.77. The summed E-state index contributed by atoms with van der Waals surface area (Å²) in [5.41, 5.74) is 0.787. The number of hydrogen-bond donors (Lipinski definition) is 1. The molecule has 23 heavy (non-hydrogen) atoms. The predicted molar refractivity (Wildman–Crippen MR) is 92.2 cm³/mol. The van der Waals surface area contributed by atoms with Crippen LogP contribution >= 0.6 is 23.4 Å². The summed E-state index contributed by atoms with van der Waals surface area (Å²) >= 11 is 7.15. The summed E-state index contributed by atoms with van der Waals surface area (Å²) < 4.78 is 13.6. The Balaban J connectivity index is 1.64. The molecule has 1 aliphatic rings. The van der Waals surface area contributed by atoms with E-state index in [2.05, 4.69) is 5.32 Å². The standard InChI is InChI=1S/C18H17ClFNOS/c19-14-8-6-13(7-9-14)18(10-3-11-18)21-17(22)12-23-16-5-2-1-4-15(16)20/h1-2,4-9H,3,10-12H2,(H,21,22). The highest BCUT2D eigenvalue weighted by Gasteiger charge is 2.39. The maximum atomic E-state index is 13.6. The number of carbonyl (C=O) groups excluding carboxylic acids is 1. The zero-order valence-electron chi connectivity index (χ0n) is 12.5. The van der Waals surface area contributed by atoms with Gasteiger partial charge in [-0.25, -0.2) is 4.39 Å². The number of amides is 1. The summed E-state index contributed by atoms with van der Waals surface area (Å²) in [7, 11) is 0. The Morgan fingerprint density at radius 1 is 1.17 bits per heavy atom. The highest BCUT2D eigenvalue weighted by atomic mass is 35.5. The van der Waals surface area contributed by atoms with Crippen LogP contribution in [0.4, 0.5) is 4.39 Å². The van der Waals surface area contributed by atoms with Crippen molar-refractivity contribution in [1.29, 1.82) is 0 Å². The lowest BCUT2D eigenvalue weighted by Crippen LogP contribution is -2.51. The largest absolute Gasteiger partial charge is 0.346 e. The van der Waals surface area contributed by atoms with Crippen LogP contribution in [0.1, 0.15) is 24.8 Å². The molecule has 1 saturated carbocycles. The van der Waals surface area contributed by atoms with Crippen molar-refractivity contribution < 1.29 is 9.18 Å². The molecule has 5 heteroatoms. The zero-order valence-corrected chi connectivity index (χ0v) is 14.1. The molecule has 0 spiro atoms. The molecule has 0 heterocycles. The van der Waals surface area contributed by atoms with E-state index in [1.54, 1.807) is 18.2 Å². The normalized spacial score (nSPS) is 15.7. The van der Waals surface area contributed by atoms with Gasteiger partial charge in [-0.05, 0) is 49.1 Å². The van der Waals surface area contributed by atoms with E-state index in [9.17, 15) is 9.18 Å². The second-order valence-electron chi connectivity index (χ2n) is 5.71. The SMILES string of the molecule is O=C(CSc1ccccc1F)NC1(c2ccc(Cl)cc2)CCC1. The minimum Gasteiger partial charge on any atom is -0.346 e. The molecule has 2 nitrogen and oxygen atoms in total. The quantitative estimate of drug-likeness (QED) is 0.788. The first-order valence-electron chi connectivity index (χ1n) is 7.53. The Hall–Kier alpha value is -1.52. The van der Waals surface area contributed by atoms with Crippen molar-refractivity contribution in [2.75, 3.05) is 5.75 Å². The number of carbonyl (C=O) groups is 1. The Morgan fingerprint density at radius 2 is 1.87 bits per heavy atom. The maximum absolute atomic E-state index is 13.6. The number of rotatable bonds is 5. The molecule has 1 aliphatic carbocycles. The fourth-order valence-electron chi connectivity index (χ4n) is 2.79. The number of nitrogens with one attached hydrogen (secondary N) is 1. The monoisotopic (exact) mass is 349 g/mol. The Morgan fingerprint density at radius 3 is 2.48 bits per heavy atom. The number of thioether (sulfide) groups is 1. The van der Waals surface area contributed by atoms with Crippen LogP contribution in [0.25, 0.3) is 0 Å². The summed E-state index contributed by atoms with van der Waals surface area (Å²) in [4.78, 5) is 12.8. The van der Waals surface area contributed by atoms with Crippen LogP contribution < -0.4 is 5.32 Å². The second kappa shape index (κ2) is 6.93. The van der Waals surface area contributed by atoms with E-state index in [0.29, 0.717) is 9.92 Å². The molecule has 1 fully saturated rings. The van der Waals surface area contributed by atoms with Crippen molar-refractivity contribution in [3.05, 3.63) is 64.9 Å². The van der Waals surface area contributed by atoms with Gasteiger partial charge in [0.05, 0.1) is 11.3 Å². The fourth-order valence-corrected chi connectivity index (χ4v) is 3.66. The van der Waals surface area contributed by atoms with Gasteiger partial charge in [-0.2, -0.15) is 0 Å². The van der Waals surface area contributed by atoms with E-state index in [-0.39, 0.29) is 23.0 Å². The average Bonchev–Trinajstić information content (AvgIpc) is 2.51. The van der Waals surface area contributed by atoms with Crippen molar-refractivity contribution in [2.45, 2.75) is 29.7 Å². The van der Waals surface area contributed by atoms with Crippen molar-refractivity contribution in [3.8, 4) is 0 Å². The Labute approximate surface area is 144 Å². The molecule has 2 aromatic carbocycles. The molecule has 0 radical (unpaired) electrons. The molecule has 0 aromatic heterocycles. The number of halogens is 2. The molecule has 1 amide bonds. The van der Waals surface area contributed by atoms with Gasteiger partial charge in [0.15, 0.2) is 0 Å². The number of hydrogen-bond acceptors (Lipinski definition) is 2. The summed E-state index contributed by atoms with van der Waals surface area (Å²) in [6.07, 6.45) is 2.93. The van der Waals surface area contributed by atoms with Crippen molar-refractivity contribution in [2.24, 2.45) is 0 Å². The van der Waals surface area contributed by atoms with Gasteiger partial charge in [0, 0.05) is 9.92 Å². The van der Waals surface area contributed by atoms with Crippen LogP contribution in [0.3, 0.4) is 0 Å². The van der Waals surface area contributed by atoms with Gasteiger partial charge in [-0.1, -0.05) is 35.9 Å². The highest BCUT2D eigenvalue weighted by Crippen LogP contribution is 2.41. The van der Waals surface area contributed by atoms with Crippen LogP contribution in [0.5, 0.6) is 0 Å². The Bertz CT molecular complexity index is 700. The lowest BCUT2D eigenvalue weighted by Gasteiger charge is -2.43. The number of benzene rings is 2. The molecule has 0 atom stereocenters. The molecule has 3 rings (SSSR count). The maximum Gasteiger partial charge on any atom is 0.231 e. The van der Waals surface area contributed by atoms with Gasteiger partial charge < -0.3 is 5.32 Å². The molecule has 0 aliphatic heterocycles. The van der Waals surface area contributed by atoms with E-state index >= 15 is 0 Å². The van der Waals surface area contributed by atoms with Crippen LogP contribution in [0.15, 0.2) is 53.4 Å². The van der Waals surface area contributed by atoms with Gasteiger partial charge in [-0.15, -0.1) is 11.8 Å². The summed E-state index contributed by atoms with van der Waals surface area (Å²) in [5, 5.41) is 3.81. The van der Waals surface area contributed by atoms with Crippen LogP contribution in [-0.4, -0.2) is 11.7 Å². The van der Waals surface area contributed by atoms with Gasteiger partial charge in [0.25, 0.3) is 0 Å². The minimum atomic E-state index is -0.294.